The van der Waals surface area contributed by atoms with Gasteiger partial charge >= 0.3 is 6.18 Å². The van der Waals surface area contributed by atoms with Crippen LogP contribution in [0.3, 0.4) is 0 Å². The molecule has 2 aliphatic carbocycles. The number of carbonyl (C=O) groups excluding carboxylic acids is 1. The topological polar surface area (TPSA) is 159 Å². The summed E-state index contributed by atoms with van der Waals surface area (Å²) in [5, 5.41) is 9.54. The molecule has 6 aromatic rings. The van der Waals surface area contributed by atoms with Crippen molar-refractivity contribution in [1.29, 1.82) is 0 Å². The van der Waals surface area contributed by atoms with E-state index in [2.05, 4.69) is 30.2 Å². The molecule has 4 aromatic heterocycles. The van der Waals surface area contributed by atoms with Gasteiger partial charge in [0.25, 0.3) is 17.9 Å². The summed E-state index contributed by atoms with van der Waals surface area (Å²) in [6.07, 6.45) is -8.25. The SMILES string of the molecule is Cn1nc(NS(C)(=O)=O)c2c(Cl)ccc(-n3c([C@H](Cc4cc(F)cc(F)c4)NC(=O)Cn4nc(C(F)F)c5c4C(F)(F)[C@H]4C[C@@H]54)nc4nc(C(F)(F)F)ccc4c3=O)c21. The number of rotatable bonds is 10. The van der Waals surface area contributed by atoms with Crippen molar-refractivity contribution < 1.29 is 52.7 Å². The Kier molecular flexibility index (Phi) is 9.29. The summed E-state index contributed by atoms with van der Waals surface area (Å²) in [4.78, 5) is 36.3. The van der Waals surface area contributed by atoms with E-state index in [4.69, 9.17) is 11.6 Å². The van der Waals surface area contributed by atoms with E-state index in [-0.39, 0.29) is 45.0 Å². The van der Waals surface area contributed by atoms with Gasteiger partial charge in [-0.2, -0.15) is 32.1 Å². The Morgan fingerprint density at radius 2 is 1.75 bits per heavy atom. The number of benzene rings is 2. The average Bonchev–Trinajstić information content (AvgIpc) is 3.66. The van der Waals surface area contributed by atoms with E-state index in [0.717, 1.165) is 33.7 Å². The van der Waals surface area contributed by atoms with Gasteiger partial charge in [0, 0.05) is 31.0 Å². The Morgan fingerprint density at radius 1 is 1.05 bits per heavy atom. The molecule has 1 amide bonds. The zero-order valence-electron chi connectivity index (χ0n) is 29.9. The van der Waals surface area contributed by atoms with Crippen molar-refractivity contribution >= 4 is 55.3 Å². The van der Waals surface area contributed by atoms with Crippen molar-refractivity contribution in [2.75, 3.05) is 11.0 Å². The number of hydrogen-bond donors (Lipinski definition) is 2. The first-order valence-electron chi connectivity index (χ1n) is 17.2. The summed E-state index contributed by atoms with van der Waals surface area (Å²) in [5.41, 5.74) is -6.09. The number of sulfonamides is 1. The van der Waals surface area contributed by atoms with Gasteiger partial charge in [-0.05, 0) is 54.3 Å². The maximum Gasteiger partial charge on any atom is 0.433 e. The molecule has 0 unspecified atom stereocenters. The summed E-state index contributed by atoms with van der Waals surface area (Å²) < 4.78 is 159. The summed E-state index contributed by atoms with van der Waals surface area (Å²) in [6.45, 7) is -1.13. The number of nitrogens with one attached hydrogen (secondary N) is 2. The van der Waals surface area contributed by atoms with Gasteiger partial charge < -0.3 is 5.32 Å². The first-order valence-corrected chi connectivity index (χ1v) is 19.5. The summed E-state index contributed by atoms with van der Waals surface area (Å²) in [6, 6.07) is 4.14. The number of alkyl halides is 7. The van der Waals surface area contributed by atoms with Gasteiger partial charge in [0.2, 0.25) is 15.9 Å². The lowest BCUT2D eigenvalue weighted by Crippen LogP contribution is -2.38. The number of nitrogens with zero attached hydrogens (tertiary/aromatic N) is 7. The highest BCUT2D eigenvalue weighted by molar-refractivity contribution is 7.92. The summed E-state index contributed by atoms with van der Waals surface area (Å²) in [7, 11) is -2.66. The molecule has 13 nitrogen and oxygen atoms in total. The lowest BCUT2D eigenvalue weighted by atomic mass is 10.0. The maximum atomic E-state index is 15.4. The molecule has 0 spiro atoms. The number of fused-ring (bicyclic) bond motifs is 5. The third-order valence-electron chi connectivity index (χ3n) is 9.96. The minimum atomic E-state index is -5.04. The highest BCUT2D eigenvalue weighted by Crippen LogP contribution is 2.68. The van der Waals surface area contributed by atoms with Gasteiger partial charge in [-0.3, -0.25) is 28.2 Å². The number of aryl methyl sites for hydroxylation is 1. The van der Waals surface area contributed by atoms with Gasteiger partial charge in [-0.1, -0.05) is 11.6 Å². The number of hydrogen-bond acceptors (Lipinski definition) is 8. The molecule has 0 saturated heterocycles. The van der Waals surface area contributed by atoms with Gasteiger partial charge in [-0.15, -0.1) is 0 Å². The van der Waals surface area contributed by atoms with Crippen LogP contribution in [0.15, 0.2) is 47.3 Å². The van der Waals surface area contributed by atoms with Crippen LogP contribution in [0.4, 0.5) is 45.3 Å². The van der Waals surface area contributed by atoms with Gasteiger partial charge in [0.1, 0.15) is 41.1 Å². The summed E-state index contributed by atoms with van der Waals surface area (Å²) in [5.74, 6) is -10.2. The number of anilines is 1. The monoisotopic (exact) mass is 873 g/mol. The molecule has 2 aliphatic rings. The quantitative estimate of drug-likeness (QED) is 0.149. The molecule has 8 rings (SSSR count). The Bertz CT molecular complexity index is 2910. The Hall–Kier alpha value is -5.71. The van der Waals surface area contributed by atoms with Crippen molar-refractivity contribution in [3.05, 3.63) is 104 Å². The molecule has 2 N–H and O–H groups in total. The second kappa shape index (κ2) is 13.7. The molecule has 0 bridgehead atoms. The van der Waals surface area contributed by atoms with E-state index < -0.39 is 116 Å². The van der Waals surface area contributed by atoms with Gasteiger partial charge in [0.05, 0.1) is 39.3 Å². The molecule has 4 heterocycles. The molecule has 24 heteroatoms. The van der Waals surface area contributed by atoms with Gasteiger partial charge in [-0.25, -0.2) is 35.9 Å². The Morgan fingerprint density at radius 3 is 2.39 bits per heavy atom. The summed E-state index contributed by atoms with van der Waals surface area (Å²) >= 11 is 6.49. The number of carbonyl (C=O) groups is 1. The van der Waals surface area contributed by atoms with E-state index in [1.54, 1.807) is 0 Å². The van der Waals surface area contributed by atoms with Crippen LogP contribution >= 0.6 is 11.6 Å². The van der Waals surface area contributed by atoms with Crippen LogP contribution < -0.4 is 15.6 Å². The molecule has 2 aromatic carbocycles. The number of amides is 1. The molecule has 0 radical (unpaired) electrons. The first-order chi connectivity index (χ1) is 27.5. The van der Waals surface area contributed by atoms with Gasteiger partial charge in [0.15, 0.2) is 11.5 Å². The van der Waals surface area contributed by atoms with Crippen molar-refractivity contribution in [2.24, 2.45) is 13.0 Å². The molecule has 1 saturated carbocycles. The smallest absolute Gasteiger partial charge is 0.344 e. The van der Waals surface area contributed by atoms with Crippen LogP contribution in [0.2, 0.25) is 5.02 Å². The molecular weight excluding hydrogens is 849 g/mol. The highest BCUT2D eigenvalue weighted by atomic mass is 35.5. The van der Waals surface area contributed by atoms with Crippen LogP contribution in [-0.4, -0.2) is 54.7 Å². The first kappa shape index (κ1) is 40.1. The third kappa shape index (κ3) is 7.02. The fraction of sp³-hybridized carbons (Fsp3) is 0.314. The van der Waals surface area contributed by atoms with E-state index in [0.29, 0.717) is 16.8 Å². The molecule has 3 atom stereocenters. The van der Waals surface area contributed by atoms with E-state index in [9.17, 15) is 48.7 Å². The van der Waals surface area contributed by atoms with Crippen molar-refractivity contribution in [3.63, 3.8) is 0 Å². The lowest BCUT2D eigenvalue weighted by molar-refractivity contribution is -0.141. The minimum absolute atomic E-state index is 0.0673. The predicted octanol–water partition coefficient (Wildman–Crippen LogP) is 6.43. The maximum absolute atomic E-state index is 15.4. The van der Waals surface area contributed by atoms with Crippen LogP contribution in [0.5, 0.6) is 0 Å². The predicted molar refractivity (Wildman–Crippen MR) is 191 cm³/mol. The average molecular weight is 874 g/mol. The van der Waals surface area contributed by atoms with Crippen LogP contribution in [0.1, 0.15) is 58.8 Å². The fourth-order valence-electron chi connectivity index (χ4n) is 7.62. The molecule has 0 aliphatic heterocycles. The van der Waals surface area contributed by atoms with Crippen LogP contribution in [0, 0.1) is 17.6 Å². The fourth-order valence-corrected chi connectivity index (χ4v) is 8.35. The molecule has 310 valence electrons. The van der Waals surface area contributed by atoms with E-state index in [1.165, 1.54) is 19.2 Å². The normalized spacial score (nSPS) is 17.7. The molecular formula is C35H25ClF9N9O4S. The van der Waals surface area contributed by atoms with Crippen molar-refractivity contribution in [1.82, 2.24) is 39.4 Å². The standard InChI is InChI=1S/C35H25ClF9N9O4S/c1-52-27-21(5-4-19(36)25(27)31(50-52)51-59(2,57)58)54-32(48-30-16(33(54)56)3-6-22(47-30)35(43,44)45)20(9-13-7-14(37)10-15(38)8-13)46-23(55)12-53-28-24(26(49-53)29(39)40)17-11-18(17)34(28,41)42/h3-8,10,17-18,20,29H,9,11-12H2,1-2H3,(H,46,55)(H,50,51)/t17-,18+,20+/m1/s1. The third-order valence-corrected chi connectivity index (χ3v) is 10.8. The largest absolute Gasteiger partial charge is 0.433 e. The zero-order valence-corrected chi connectivity index (χ0v) is 31.5. The zero-order chi connectivity index (χ0) is 42.7. The van der Waals surface area contributed by atoms with Crippen LogP contribution in [0.25, 0.3) is 27.6 Å². The van der Waals surface area contributed by atoms with Crippen molar-refractivity contribution in [3.8, 4) is 5.69 Å². The number of aromatic nitrogens is 7. The molecule has 59 heavy (non-hydrogen) atoms. The number of pyridine rings is 1. The second-order valence-corrected chi connectivity index (χ2v) is 16.2. The highest BCUT2D eigenvalue weighted by Gasteiger charge is 2.67. The van der Waals surface area contributed by atoms with Crippen LogP contribution in [-0.2, 0) is 46.9 Å². The Balaban J connectivity index is 1.35. The lowest BCUT2D eigenvalue weighted by Gasteiger charge is -2.24. The van der Waals surface area contributed by atoms with E-state index >= 15 is 8.78 Å². The molecule has 1 fully saturated rings. The number of halogens is 10. The second-order valence-electron chi connectivity index (χ2n) is 14.1. The van der Waals surface area contributed by atoms with Crippen molar-refractivity contribution in [2.45, 2.75) is 49.9 Å². The minimum Gasteiger partial charge on any atom is -0.344 e. The Labute approximate surface area is 329 Å². The van der Waals surface area contributed by atoms with E-state index in [1.807, 2.05) is 0 Å².